The maximum absolute atomic E-state index is 6.01. The molecule has 0 aromatic heterocycles. The molecule has 1 aliphatic heterocycles. The molecule has 0 spiro atoms. The zero-order valence-corrected chi connectivity index (χ0v) is 8.75. The quantitative estimate of drug-likeness (QED) is 0.724. The molecule has 1 aliphatic carbocycles. The van der Waals surface area contributed by atoms with Crippen LogP contribution < -0.4 is 5.32 Å². The summed E-state index contributed by atoms with van der Waals surface area (Å²) >= 11 is 0. The first kappa shape index (κ1) is 9.78. The van der Waals surface area contributed by atoms with Crippen molar-refractivity contribution in [2.45, 2.75) is 31.8 Å². The topological polar surface area (TPSA) is 21.3 Å². The third-order valence-electron chi connectivity index (χ3n) is 2.77. The summed E-state index contributed by atoms with van der Waals surface area (Å²) in [5.41, 5.74) is -0.00817. The summed E-state index contributed by atoms with van der Waals surface area (Å²) in [7, 11) is 0. The summed E-state index contributed by atoms with van der Waals surface area (Å²) in [6, 6.07) is 0. The second-order valence-electron chi connectivity index (χ2n) is 4.27. The van der Waals surface area contributed by atoms with E-state index in [9.17, 15) is 0 Å². The maximum Gasteiger partial charge on any atom is 0.119 e. The van der Waals surface area contributed by atoms with Crippen molar-refractivity contribution in [1.82, 2.24) is 5.32 Å². The second kappa shape index (κ2) is 4.18. The molecule has 1 fully saturated rings. The Bertz CT molecular complexity index is 249. The van der Waals surface area contributed by atoms with E-state index < -0.39 is 0 Å². The third kappa shape index (κ3) is 2.38. The lowest BCUT2D eigenvalue weighted by atomic mass is 9.96. The molecule has 0 bridgehead atoms. The first-order valence-electron chi connectivity index (χ1n) is 5.38. The lowest BCUT2D eigenvalue weighted by molar-refractivity contribution is 0.00388. The molecule has 1 N–H and O–H groups in total. The maximum atomic E-state index is 6.01. The first-order valence-corrected chi connectivity index (χ1v) is 5.38. The van der Waals surface area contributed by atoms with Crippen molar-refractivity contribution >= 4 is 0 Å². The first-order chi connectivity index (χ1) is 6.79. The van der Waals surface area contributed by atoms with E-state index in [1.807, 2.05) is 6.08 Å². The largest absolute Gasteiger partial charge is 0.487 e. The zero-order chi connectivity index (χ0) is 9.86. The molecule has 1 saturated heterocycles. The smallest absolute Gasteiger partial charge is 0.119 e. The van der Waals surface area contributed by atoms with Gasteiger partial charge >= 0.3 is 0 Å². The molecule has 0 aromatic carbocycles. The second-order valence-corrected chi connectivity index (χ2v) is 4.27. The van der Waals surface area contributed by atoms with Gasteiger partial charge in [0.2, 0.25) is 0 Å². The van der Waals surface area contributed by atoms with Crippen molar-refractivity contribution in [2.75, 3.05) is 13.1 Å². The highest BCUT2D eigenvalue weighted by Gasteiger charge is 2.28. The van der Waals surface area contributed by atoms with E-state index in [1.165, 1.54) is 6.42 Å². The minimum Gasteiger partial charge on any atom is -0.487 e. The zero-order valence-electron chi connectivity index (χ0n) is 8.75. The Labute approximate surface area is 86.0 Å². The summed E-state index contributed by atoms with van der Waals surface area (Å²) in [6.45, 7) is 4.27. The summed E-state index contributed by atoms with van der Waals surface area (Å²) in [6.07, 6.45) is 11.7. The molecule has 2 heteroatoms. The average molecular weight is 192 g/mol. The van der Waals surface area contributed by atoms with Gasteiger partial charge in [-0.2, -0.15) is 0 Å². The Morgan fingerprint density at radius 1 is 1.50 bits per heavy atom. The third-order valence-corrected chi connectivity index (χ3v) is 2.77. The molecular weight excluding hydrogens is 174 g/mol. The molecule has 1 atom stereocenters. The molecule has 77 valence electrons. The fraction of sp³-hybridized carbons (Fsp3) is 0.583. The number of ether oxygens (including phenoxy) is 1. The number of piperidine rings is 1. The van der Waals surface area contributed by atoms with Crippen LogP contribution in [0.3, 0.4) is 0 Å². The lowest BCUT2D eigenvalue weighted by Gasteiger charge is -2.35. The molecule has 0 amide bonds. The summed E-state index contributed by atoms with van der Waals surface area (Å²) < 4.78 is 6.01. The highest BCUT2D eigenvalue weighted by Crippen LogP contribution is 2.25. The van der Waals surface area contributed by atoms with Gasteiger partial charge in [0.15, 0.2) is 0 Å². The normalized spacial score (nSPS) is 32.5. The molecule has 2 nitrogen and oxygen atoms in total. The average Bonchev–Trinajstić information content (AvgIpc) is 2.19. The lowest BCUT2D eigenvalue weighted by Crippen LogP contribution is -2.45. The van der Waals surface area contributed by atoms with E-state index >= 15 is 0 Å². The van der Waals surface area contributed by atoms with E-state index in [1.54, 1.807) is 0 Å². The fourth-order valence-electron chi connectivity index (χ4n) is 1.97. The SMILES string of the molecule is C[C@]1(OC2=CC[CH]C=C2)CCCNC1. The number of nitrogens with one attached hydrogen (secondary N) is 1. The number of hydrogen-bond acceptors (Lipinski definition) is 2. The van der Waals surface area contributed by atoms with Crippen LogP contribution in [0.25, 0.3) is 0 Å². The fourth-order valence-corrected chi connectivity index (χ4v) is 1.97. The molecule has 0 saturated carbocycles. The van der Waals surface area contributed by atoms with Crippen molar-refractivity contribution in [2.24, 2.45) is 0 Å². The van der Waals surface area contributed by atoms with E-state index in [0.29, 0.717) is 0 Å². The van der Waals surface area contributed by atoms with Gasteiger partial charge < -0.3 is 10.1 Å². The number of allylic oxidation sites excluding steroid dienone is 3. The van der Waals surface area contributed by atoms with Gasteiger partial charge in [-0.25, -0.2) is 0 Å². The molecule has 2 aliphatic rings. The van der Waals surface area contributed by atoms with Crippen molar-refractivity contribution in [3.8, 4) is 0 Å². The van der Waals surface area contributed by atoms with Crippen LogP contribution >= 0.6 is 0 Å². The van der Waals surface area contributed by atoms with Crippen LogP contribution in [0.5, 0.6) is 0 Å². The highest BCUT2D eigenvalue weighted by atomic mass is 16.5. The van der Waals surface area contributed by atoms with Gasteiger partial charge in [-0.05, 0) is 51.3 Å². The van der Waals surface area contributed by atoms with Crippen LogP contribution in [-0.2, 0) is 4.74 Å². The van der Waals surface area contributed by atoms with Crippen LogP contribution in [0.4, 0.5) is 0 Å². The van der Waals surface area contributed by atoms with Crippen molar-refractivity contribution in [3.05, 3.63) is 30.4 Å². The molecule has 0 aromatic rings. The number of hydrogen-bond donors (Lipinski definition) is 1. The standard InChI is InChI=1S/C12H18NO/c1-12(8-5-9-13-10-12)14-11-6-3-2-4-7-11/h2-3,6-7,13H,4-5,8-10H2,1H3/t12-/m0/s1. The van der Waals surface area contributed by atoms with Crippen molar-refractivity contribution in [1.29, 1.82) is 0 Å². The molecule has 1 radical (unpaired) electrons. The Hall–Kier alpha value is -0.760. The van der Waals surface area contributed by atoms with Gasteiger partial charge in [0.25, 0.3) is 0 Å². The van der Waals surface area contributed by atoms with E-state index in [4.69, 9.17) is 4.74 Å². The van der Waals surface area contributed by atoms with Gasteiger partial charge in [0.1, 0.15) is 11.4 Å². The number of rotatable bonds is 2. The Morgan fingerprint density at radius 3 is 3.07 bits per heavy atom. The summed E-state index contributed by atoms with van der Waals surface area (Å²) in [4.78, 5) is 0. The predicted octanol–water partition coefficient (Wildman–Crippen LogP) is 2.19. The van der Waals surface area contributed by atoms with Crippen LogP contribution in [0, 0.1) is 6.42 Å². The molecule has 2 rings (SSSR count). The molecule has 0 unspecified atom stereocenters. The Kier molecular flexibility index (Phi) is 2.92. The Balaban J connectivity index is 1.94. The molecule has 1 heterocycles. The summed E-state index contributed by atoms with van der Waals surface area (Å²) in [5.74, 6) is 1.03. The monoisotopic (exact) mass is 192 g/mol. The summed E-state index contributed by atoms with van der Waals surface area (Å²) in [5, 5.41) is 3.38. The van der Waals surface area contributed by atoms with Crippen molar-refractivity contribution in [3.63, 3.8) is 0 Å². The van der Waals surface area contributed by atoms with Crippen LogP contribution in [-0.4, -0.2) is 18.7 Å². The Morgan fingerprint density at radius 2 is 2.43 bits per heavy atom. The van der Waals surface area contributed by atoms with E-state index in [-0.39, 0.29) is 5.60 Å². The van der Waals surface area contributed by atoms with E-state index in [2.05, 4.69) is 30.8 Å². The van der Waals surface area contributed by atoms with Crippen molar-refractivity contribution < 1.29 is 4.74 Å². The van der Waals surface area contributed by atoms with Crippen LogP contribution in [0.2, 0.25) is 0 Å². The molecule has 14 heavy (non-hydrogen) atoms. The minimum atomic E-state index is -0.00817. The van der Waals surface area contributed by atoms with Gasteiger partial charge in [0, 0.05) is 6.54 Å². The molecular formula is C12H18NO. The van der Waals surface area contributed by atoms with Gasteiger partial charge in [-0.3, -0.25) is 0 Å². The van der Waals surface area contributed by atoms with Crippen LogP contribution in [0.1, 0.15) is 26.2 Å². The minimum absolute atomic E-state index is 0.00817. The van der Waals surface area contributed by atoms with Gasteiger partial charge in [-0.1, -0.05) is 6.08 Å². The predicted molar refractivity (Wildman–Crippen MR) is 57.7 cm³/mol. The highest BCUT2D eigenvalue weighted by molar-refractivity contribution is 5.22. The van der Waals surface area contributed by atoms with Crippen LogP contribution in [0.15, 0.2) is 24.0 Å². The van der Waals surface area contributed by atoms with E-state index in [0.717, 1.165) is 31.7 Å². The van der Waals surface area contributed by atoms with Gasteiger partial charge in [0.05, 0.1) is 0 Å². The van der Waals surface area contributed by atoms with Gasteiger partial charge in [-0.15, -0.1) is 0 Å².